The monoisotopic (exact) mass is 398 g/mol. The summed E-state index contributed by atoms with van der Waals surface area (Å²) in [6, 6.07) is 10.0. The van der Waals surface area contributed by atoms with Crippen LogP contribution in [0.15, 0.2) is 70.3 Å². The smallest absolute Gasteiger partial charge is 0.200 e. The second kappa shape index (κ2) is 7.89. The Kier molecular flexibility index (Phi) is 5.17. The Morgan fingerprint density at radius 2 is 2.07 bits per heavy atom. The lowest BCUT2D eigenvalue weighted by Crippen LogP contribution is -2.00. The Bertz CT molecular complexity index is 1040. The highest BCUT2D eigenvalue weighted by molar-refractivity contribution is 7.98. The van der Waals surface area contributed by atoms with E-state index in [0.717, 1.165) is 21.4 Å². The lowest BCUT2D eigenvalue weighted by Gasteiger charge is -2.05. The number of halogens is 1. The molecule has 0 saturated carbocycles. The van der Waals surface area contributed by atoms with Gasteiger partial charge < -0.3 is 4.42 Å². The summed E-state index contributed by atoms with van der Waals surface area (Å²) in [6.45, 7) is 4.39. The number of rotatable bonds is 7. The molecule has 0 aliphatic rings. The van der Waals surface area contributed by atoms with E-state index < -0.39 is 0 Å². The quantitative estimate of drug-likeness (QED) is 0.313. The van der Waals surface area contributed by atoms with Gasteiger partial charge in [-0.25, -0.2) is 9.37 Å². The van der Waals surface area contributed by atoms with Crippen LogP contribution in [0.5, 0.6) is 0 Å². The third-order valence-electron chi connectivity index (χ3n) is 3.76. The number of benzene rings is 1. The number of nitrogens with zero attached hydrogens (tertiary/aromatic N) is 4. The third kappa shape index (κ3) is 3.86. The summed E-state index contributed by atoms with van der Waals surface area (Å²) >= 11 is 3.09. The summed E-state index contributed by atoms with van der Waals surface area (Å²) in [5.41, 5.74) is 1.85. The van der Waals surface area contributed by atoms with Crippen molar-refractivity contribution in [1.29, 1.82) is 0 Å². The molecule has 1 aromatic carbocycles. The number of hydrogen-bond donors (Lipinski definition) is 0. The number of allylic oxidation sites excluding steroid dienone is 1. The van der Waals surface area contributed by atoms with Gasteiger partial charge in [-0.15, -0.1) is 28.1 Å². The molecule has 0 unspecified atom stereocenters. The Labute approximate surface area is 163 Å². The lowest BCUT2D eigenvalue weighted by molar-refractivity contribution is 0.569. The first-order valence-corrected chi connectivity index (χ1v) is 10.0. The van der Waals surface area contributed by atoms with Gasteiger partial charge in [0.25, 0.3) is 0 Å². The van der Waals surface area contributed by atoms with Gasteiger partial charge in [0.1, 0.15) is 10.8 Å². The van der Waals surface area contributed by atoms with Gasteiger partial charge in [0, 0.05) is 23.2 Å². The van der Waals surface area contributed by atoms with E-state index in [9.17, 15) is 4.39 Å². The summed E-state index contributed by atoms with van der Waals surface area (Å²) < 4.78 is 20.5. The van der Waals surface area contributed by atoms with Gasteiger partial charge in [-0.1, -0.05) is 17.8 Å². The summed E-state index contributed by atoms with van der Waals surface area (Å²) in [7, 11) is 0. The molecule has 0 saturated heterocycles. The van der Waals surface area contributed by atoms with Crippen molar-refractivity contribution in [2.45, 2.75) is 17.5 Å². The SMILES string of the molecule is C=CCn1c(SCc2csc(-c3ccc(F)cc3)n2)nnc1-c1ccco1. The van der Waals surface area contributed by atoms with Gasteiger partial charge >= 0.3 is 0 Å². The molecule has 4 aromatic rings. The highest BCUT2D eigenvalue weighted by Gasteiger charge is 2.16. The van der Waals surface area contributed by atoms with Crippen LogP contribution in [0.3, 0.4) is 0 Å². The molecule has 136 valence electrons. The van der Waals surface area contributed by atoms with E-state index >= 15 is 0 Å². The van der Waals surface area contributed by atoms with Gasteiger partial charge in [0.05, 0.1) is 12.0 Å². The predicted octanol–water partition coefficient (Wildman–Crippen LogP) is 5.28. The zero-order valence-electron chi connectivity index (χ0n) is 14.2. The Morgan fingerprint density at radius 1 is 1.22 bits per heavy atom. The number of aromatic nitrogens is 4. The molecule has 0 N–H and O–H groups in total. The summed E-state index contributed by atoms with van der Waals surface area (Å²) in [6.07, 6.45) is 3.41. The van der Waals surface area contributed by atoms with E-state index in [1.54, 1.807) is 47.6 Å². The molecule has 5 nitrogen and oxygen atoms in total. The topological polar surface area (TPSA) is 56.7 Å². The molecular formula is C19H15FN4OS2. The van der Waals surface area contributed by atoms with Crippen molar-refractivity contribution in [3.63, 3.8) is 0 Å². The molecule has 27 heavy (non-hydrogen) atoms. The maximum absolute atomic E-state index is 13.1. The fourth-order valence-corrected chi connectivity index (χ4v) is 4.29. The zero-order chi connectivity index (χ0) is 18.6. The minimum atomic E-state index is -0.250. The summed E-state index contributed by atoms with van der Waals surface area (Å²) in [5, 5.41) is 12.2. The normalized spacial score (nSPS) is 11.0. The molecule has 0 aliphatic heterocycles. The molecule has 0 spiro atoms. The van der Waals surface area contributed by atoms with Crippen molar-refractivity contribution in [3.05, 3.63) is 72.2 Å². The first-order valence-electron chi connectivity index (χ1n) is 8.15. The number of hydrogen-bond acceptors (Lipinski definition) is 6. The van der Waals surface area contributed by atoms with Crippen LogP contribution in [-0.4, -0.2) is 19.7 Å². The highest BCUT2D eigenvalue weighted by atomic mass is 32.2. The molecule has 3 heterocycles. The molecule has 0 aliphatic carbocycles. The standard InChI is InChI=1S/C19H15FN4OS2/c1-2-9-24-17(16-4-3-10-25-16)22-23-19(24)27-12-15-11-26-18(21-15)13-5-7-14(20)8-6-13/h2-8,10-11H,1,9,12H2. The van der Waals surface area contributed by atoms with E-state index in [-0.39, 0.29) is 5.82 Å². The maximum Gasteiger partial charge on any atom is 0.200 e. The second-order valence-electron chi connectivity index (χ2n) is 5.62. The van der Waals surface area contributed by atoms with Crippen LogP contribution in [0, 0.1) is 5.82 Å². The van der Waals surface area contributed by atoms with Gasteiger partial charge in [-0.3, -0.25) is 4.57 Å². The molecule has 0 amide bonds. The average Bonchev–Trinajstić information content (AvgIpc) is 3.42. The number of thioether (sulfide) groups is 1. The number of thiazole rings is 1. The largest absolute Gasteiger partial charge is 0.461 e. The van der Waals surface area contributed by atoms with E-state index in [2.05, 4.69) is 21.8 Å². The fraction of sp³-hybridized carbons (Fsp3) is 0.105. The van der Waals surface area contributed by atoms with Crippen LogP contribution in [0.2, 0.25) is 0 Å². The molecular weight excluding hydrogens is 383 g/mol. The molecule has 0 atom stereocenters. The predicted molar refractivity (Wildman–Crippen MR) is 105 cm³/mol. The first kappa shape index (κ1) is 17.7. The van der Waals surface area contributed by atoms with Gasteiger partial charge in [-0.2, -0.15) is 0 Å². The zero-order valence-corrected chi connectivity index (χ0v) is 15.8. The van der Waals surface area contributed by atoms with Crippen molar-refractivity contribution in [1.82, 2.24) is 19.7 Å². The Hall–Kier alpha value is -2.71. The van der Waals surface area contributed by atoms with Crippen molar-refractivity contribution >= 4 is 23.1 Å². The van der Waals surface area contributed by atoms with Crippen molar-refractivity contribution < 1.29 is 8.81 Å². The maximum atomic E-state index is 13.1. The summed E-state index contributed by atoms with van der Waals surface area (Å²) in [4.78, 5) is 4.64. The summed E-state index contributed by atoms with van der Waals surface area (Å²) in [5.74, 6) is 1.75. The minimum Gasteiger partial charge on any atom is -0.461 e. The molecule has 0 radical (unpaired) electrons. The van der Waals surface area contributed by atoms with Gasteiger partial charge in [-0.05, 0) is 36.4 Å². The van der Waals surface area contributed by atoms with E-state index in [0.29, 0.717) is 23.9 Å². The van der Waals surface area contributed by atoms with Crippen LogP contribution >= 0.6 is 23.1 Å². The molecule has 3 aromatic heterocycles. The third-order valence-corrected chi connectivity index (χ3v) is 5.70. The number of furan rings is 1. The molecule has 8 heteroatoms. The lowest BCUT2D eigenvalue weighted by atomic mass is 10.2. The minimum absolute atomic E-state index is 0.250. The van der Waals surface area contributed by atoms with Crippen LogP contribution in [-0.2, 0) is 12.3 Å². The van der Waals surface area contributed by atoms with Crippen LogP contribution < -0.4 is 0 Å². The van der Waals surface area contributed by atoms with Crippen LogP contribution in [0.25, 0.3) is 22.2 Å². The highest BCUT2D eigenvalue weighted by Crippen LogP contribution is 2.29. The molecule has 0 fully saturated rings. The first-order chi connectivity index (χ1) is 13.2. The Morgan fingerprint density at radius 3 is 2.81 bits per heavy atom. The van der Waals surface area contributed by atoms with Crippen molar-refractivity contribution in [3.8, 4) is 22.2 Å². The van der Waals surface area contributed by atoms with Crippen LogP contribution in [0.1, 0.15) is 5.69 Å². The van der Waals surface area contributed by atoms with Gasteiger partial charge in [0.15, 0.2) is 10.9 Å². The second-order valence-corrected chi connectivity index (χ2v) is 7.42. The van der Waals surface area contributed by atoms with Crippen LogP contribution in [0.4, 0.5) is 4.39 Å². The fourth-order valence-electron chi connectivity index (χ4n) is 2.51. The van der Waals surface area contributed by atoms with E-state index in [1.165, 1.54) is 12.1 Å². The molecule has 4 rings (SSSR count). The average molecular weight is 398 g/mol. The molecule has 0 bridgehead atoms. The van der Waals surface area contributed by atoms with Gasteiger partial charge in [0.2, 0.25) is 5.82 Å². The van der Waals surface area contributed by atoms with Crippen molar-refractivity contribution in [2.24, 2.45) is 0 Å². The van der Waals surface area contributed by atoms with E-state index in [1.807, 2.05) is 22.1 Å². The Balaban J connectivity index is 1.51. The van der Waals surface area contributed by atoms with Crippen molar-refractivity contribution in [2.75, 3.05) is 0 Å². The van der Waals surface area contributed by atoms with E-state index in [4.69, 9.17) is 4.42 Å².